The van der Waals surface area contributed by atoms with Crippen molar-refractivity contribution in [2.45, 2.75) is 13.0 Å². The van der Waals surface area contributed by atoms with Gasteiger partial charge in [0.1, 0.15) is 17.4 Å². The van der Waals surface area contributed by atoms with Crippen LogP contribution in [0.2, 0.25) is 0 Å². The average Bonchev–Trinajstić information content (AvgIpc) is 2.60. The van der Waals surface area contributed by atoms with Crippen LogP contribution < -0.4 is 4.74 Å². The van der Waals surface area contributed by atoms with Gasteiger partial charge < -0.3 is 14.9 Å². The molecule has 25 heavy (non-hydrogen) atoms. The maximum absolute atomic E-state index is 11.5. The van der Waals surface area contributed by atoms with Crippen LogP contribution in [0.15, 0.2) is 60.7 Å². The van der Waals surface area contributed by atoms with E-state index < -0.39 is 18.0 Å². The van der Waals surface area contributed by atoms with Gasteiger partial charge in [0.2, 0.25) is 0 Å². The monoisotopic (exact) mass is 336 g/mol. The van der Waals surface area contributed by atoms with E-state index >= 15 is 0 Å². The van der Waals surface area contributed by atoms with Crippen molar-refractivity contribution in [1.82, 2.24) is 0 Å². The molecule has 3 aromatic rings. The Kier molecular flexibility index (Phi) is 4.39. The van der Waals surface area contributed by atoms with Crippen LogP contribution in [0.3, 0.4) is 0 Å². The Hall–Kier alpha value is -3.34. The third-order valence-corrected chi connectivity index (χ3v) is 4.02. The summed E-state index contributed by atoms with van der Waals surface area (Å²) in [5, 5.41) is 20.7. The minimum Gasteiger partial charge on any atom is -0.485 e. The fraction of sp³-hybridized carbons (Fsp3) is 0.100. The van der Waals surface area contributed by atoms with E-state index in [4.69, 9.17) is 4.74 Å². The highest BCUT2D eigenvalue weighted by molar-refractivity contribution is 6.03. The zero-order chi connectivity index (χ0) is 18.0. The molecule has 5 heteroatoms. The third kappa shape index (κ3) is 3.30. The van der Waals surface area contributed by atoms with Crippen molar-refractivity contribution >= 4 is 22.7 Å². The topological polar surface area (TPSA) is 83.8 Å². The summed E-state index contributed by atoms with van der Waals surface area (Å²) in [6.45, 7) is 1.79. The highest BCUT2D eigenvalue weighted by Gasteiger charge is 2.22. The first-order chi connectivity index (χ1) is 12.0. The molecule has 0 aliphatic carbocycles. The molecule has 0 aromatic heterocycles. The van der Waals surface area contributed by atoms with E-state index in [1.165, 1.54) is 18.2 Å². The molecule has 5 nitrogen and oxygen atoms in total. The van der Waals surface area contributed by atoms with Gasteiger partial charge in [-0.15, -0.1) is 0 Å². The van der Waals surface area contributed by atoms with Gasteiger partial charge >= 0.3 is 11.9 Å². The summed E-state index contributed by atoms with van der Waals surface area (Å²) in [6, 6.07) is 17.9. The number of carbonyl (C=O) groups is 2. The van der Waals surface area contributed by atoms with Crippen LogP contribution in [0.4, 0.5) is 0 Å². The van der Waals surface area contributed by atoms with Gasteiger partial charge in [0.05, 0.1) is 5.56 Å². The van der Waals surface area contributed by atoms with Crippen LogP contribution in [0.25, 0.3) is 10.8 Å². The van der Waals surface area contributed by atoms with Crippen molar-refractivity contribution in [3.63, 3.8) is 0 Å². The molecule has 2 N–H and O–H groups in total. The molecule has 0 saturated heterocycles. The number of hydrogen-bond acceptors (Lipinski definition) is 3. The number of rotatable bonds is 5. The van der Waals surface area contributed by atoms with Gasteiger partial charge in [-0.3, -0.25) is 0 Å². The van der Waals surface area contributed by atoms with Crippen LogP contribution in [0.1, 0.15) is 39.3 Å². The van der Waals surface area contributed by atoms with Crippen molar-refractivity contribution < 1.29 is 24.5 Å². The minimum absolute atomic E-state index is 0.0352. The summed E-state index contributed by atoms with van der Waals surface area (Å²) in [5.41, 5.74) is 0.231. The molecule has 0 spiro atoms. The zero-order valence-electron chi connectivity index (χ0n) is 13.5. The van der Waals surface area contributed by atoms with Crippen molar-refractivity contribution in [3.8, 4) is 5.75 Å². The molecule has 1 unspecified atom stereocenters. The minimum atomic E-state index is -1.33. The van der Waals surface area contributed by atoms with Crippen LogP contribution in [-0.2, 0) is 0 Å². The van der Waals surface area contributed by atoms with Crippen LogP contribution in [0.5, 0.6) is 5.75 Å². The predicted octanol–water partition coefficient (Wildman–Crippen LogP) is 4.38. The van der Waals surface area contributed by atoms with Gasteiger partial charge in [0.25, 0.3) is 0 Å². The summed E-state index contributed by atoms with van der Waals surface area (Å²) >= 11 is 0. The van der Waals surface area contributed by atoms with E-state index in [-0.39, 0.29) is 16.9 Å². The standard InChI is InChI=1S/C20H16O5/c1-12(14-10-9-13-5-2-3-6-15(13)11-14)25-17-8-4-7-16(19(21)22)18(17)20(23)24/h2-12H,1H3,(H,21,22)(H,23,24). The summed E-state index contributed by atoms with van der Waals surface area (Å²) in [6.07, 6.45) is -0.438. The number of ether oxygens (including phenoxy) is 1. The molecule has 0 amide bonds. The van der Waals surface area contributed by atoms with Gasteiger partial charge in [0.15, 0.2) is 0 Å². The fourth-order valence-electron chi connectivity index (χ4n) is 2.75. The van der Waals surface area contributed by atoms with Crippen LogP contribution in [-0.4, -0.2) is 22.2 Å². The summed E-state index contributed by atoms with van der Waals surface area (Å²) < 4.78 is 5.79. The first-order valence-corrected chi connectivity index (χ1v) is 7.72. The van der Waals surface area contributed by atoms with E-state index in [9.17, 15) is 19.8 Å². The van der Waals surface area contributed by atoms with Crippen molar-refractivity contribution in [2.75, 3.05) is 0 Å². The second kappa shape index (κ2) is 6.65. The van der Waals surface area contributed by atoms with Gasteiger partial charge in [-0.1, -0.05) is 42.5 Å². The van der Waals surface area contributed by atoms with Crippen molar-refractivity contribution in [2.24, 2.45) is 0 Å². The lowest BCUT2D eigenvalue weighted by molar-refractivity contribution is 0.0645. The predicted molar refractivity (Wildman–Crippen MR) is 93.4 cm³/mol. The molecular weight excluding hydrogens is 320 g/mol. The van der Waals surface area contributed by atoms with Gasteiger partial charge in [-0.2, -0.15) is 0 Å². The molecule has 0 aliphatic heterocycles. The number of hydrogen-bond donors (Lipinski definition) is 2. The molecule has 126 valence electrons. The molecule has 0 aliphatic rings. The van der Waals surface area contributed by atoms with E-state index in [0.29, 0.717) is 0 Å². The molecule has 0 bridgehead atoms. The number of carboxylic acid groups (broad SMARTS) is 2. The highest BCUT2D eigenvalue weighted by atomic mass is 16.5. The van der Waals surface area contributed by atoms with E-state index in [1.54, 1.807) is 6.92 Å². The molecule has 0 radical (unpaired) electrons. The maximum atomic E-state index is 11.5. The Bertz CT molecular complexity index is 961. The second-order valence-electron chi connectivity index (χ2n) is 5.66. The van der Waals surface area contributed by atoms with E-state index in [2.05, 4.69) is 0 Å². The first kappa shape index (κ1) is 16.5. The normalized spacial score (nSPS) is 11.9. The van der Waals surface area contributed by atoms with Gasteiger partial charge in [-0.25, -0.2) is 9.59 Å². The Labute approximate surface area is 144 Å². The Morgan fingerprint density at radius 1 is 0.880 bits per heavy atom. The second-order valence-corrected chi connectivity index (χ2v) is 5.66. The number of benzene rings is 3. The van der Waals surface area contributed by atoms with Gasteiger partial charge in [0, 0.05) is 0 Å². The summed E-state index contributed by atoms with van der Waals surface area (Å²) in [7, 11) is 0. The average molecular weight is 336 g/mol. The molecule has 3 rings (SSSR count). The lowest BCUT2D eigenvalue weighted by Crippen LogP contribution is -2.12. The fourth-order valence-corrected chi connectivity index (χ4v) is 2.75. The van der Waals surface area contributed by atoms with Crippen molar-refractivity contribution in [1.29, 1.82) is 0 Å². The first-order valence-electron chi connectivity index (χ1n) is 7.72. The zero-order valence-corrected chi connectivity index (χ0v) is 13.5. The third-order valence-electron chi connectivity index (χ3n) is 4.02. The van der Waals surface area contributed by atoms with E-state index in [1.807, 2.05) is 42.5 Å². The smallest absolute Gasteiger partial charge is 0.340 e. The number of aromatic carboxylic acids is 2. The molecule has 0 fully saturated rings. The summed E-state index contributed by atoms with van der Waals surface area (Å²) in [4.78, 5) is 22.8. The number of fused-ring (bicyclic) bond motifs is 1. The highest BCUT2D eigenvalue weighted by Crippen LogP contribution is 2.29. The summed E-state index contributed by atoms with van der Waals surface area (Å²) in [5.74, 6) is -2.60. The maximum Gasteiger partial charge on any atom is 0.340 e. The quantitative estimate of drug-likeness (QED) is 0.722. The lowest BCUT2D eigenvalue weighted by atomic mass is 10.0. The SMILES string of the molecule is CC(Oc1cccc(C(=O)O)c1C(=O)O)c1ccc2ccccc2c1. The van der Waals surface area contributed by atoms with Crippen molar-refractivity contribution in [3.05, 3.63) is 77.4 Å². The number of carboxylic acids is 2. The van der Waals surface area contributed by atoms with E-state index in [0.717, 1.165) is 16.3 Å². The Morgan fingerprint density at radius 3 is 2.28 bits per heavy atom. The Morgan fingerprint density at radius 2 is 1.60 bits per heavy atom. The molecular formula is C20H16O5. The molecule has 0 heterocycles. The molecule has 1 atom stereocenters. The molecule has 3 aromatic carbocycles. The van der Waals surface area contributed by atoms with Gasteiger partial charge in [-0.05, 0) is 41.5 Å². The molecule has 0 saturated carbocycles. The van der Waals surface area contributed by atoms with Crippen LogP contribution in [0, 0.1) is 0 Å². The lowest BCUT2D eigenvalue weighted by Gasteiger charge is -2.18. The largest absolute Gasteiger partial charge is 0.485 e. The van der Waals surface area contributed by atoms with Crippen LogP contribution >= 0.6 is 0 Å². The Balaban J connectivity index is 1.97.